The van der Waals surface area contributed by atoms with Crippen LogP contribution in [0.25, 0.3) is 6.08 Å². The Kier molecular flexibility index (Phi) is 8.19. The highest BCUT2D eigenvalue weighted by molar-refractivity contribution is 8.18. The Morgan fingerprint density at radius 1 is 0.897 bits per heavy atom. The number of nitrogens with zero attached hydrogens (tertiary/aromatic N) is 2. The van der Waals surface area contributed by atoms with Crippen molar-refractivity contribution in [2.45, 2.75) is 13.5 Å². The van der Waals surface area contributed by atoms with Crippen molar-refractivity contribution in [3.63, 3.8) is 0 Å². The van der Waals surface area contributed by atoms with Crippen molar-refractivity contribution in [1.29, 1.82) is 0 Å². The van der Waals surface area contributed by atoms with Crippen molar-refractivity contribution in [1.82, 2.24) is 4.90 Å². The molecular formula is C32H27N3O3S. The van der Waals surface area contributed by atoms with E-state index in [2.05, 4.69) is 5.32 Å². The molecule has 2 amide bonds. The maximum Gasteiger partial charge on any atom is 0.267 e. The number of hydrogen-bond donors (Lipinski definition) is 1. The van der Waals surface area contributed by atoms with E-state index in [0.717, 1.165) is 28.1 Å². The van der Waals surface area contributed by atoms with Crippen LogP contribution in [0.2, 0.25) is 0 Å². The number of amidine groups is 1. The number of carbonyl (C=O) groups excluding carboxylic acids is 2. The molecule has 0 unspecified atom stereocenters. The number of amides is 2. The normalized spacial score (nSPS) is 15.1. The first-order chi connectivity index (χ1) is 19.0. The minimum absolute atomic E-state index is 0.0902. The second-order valence-corrected chi connectivity index (χ2v) is 10.00. The molecule has 0 bridgehead atoms. The van der Waals surface area contributed by atoms with Crippen LogP contribution in [0, 0.1) is 6.92 Å². The summed E-state index contributed by atoms with van der Waals surface area (Å²) in [4.78, 5) is 32.7. The van der Waals surface area contributed by atoms with Crippen molar-refractivity contribution >= 4 is 46.2 Å². The molecule has 0 radical (unpaired) electrons. The summed E-state index contributed by atoms with van der Waals surface area (Å²) < 4.78 is 5.63. The average molecular weight is 534 g/mol. The zero-order chi connectivity index (χ0) is 27.0. The molecule has 1 N–H and O–H groups in total. The summed E-state index contributed by atoms with van der Waals surface area (Å²) in [7, 11) is 0. The molecular weight excluding hydrogens is 506 g/mol. The van der Waals surface area contributed by atoms with Gasteiger partial charge < -0.3 is 10.1 Å². The van der Waals surface area contributed by atoms with Gasteiger partial charge in [-0.3, -0.25) is 14.5 Å². The van der Waals surface area contributed by atoms with Gasteiger partial charge in [0.2, 0.25) is 0 Å². The molecule has 0 spiro atoms. The molecule has 1 fully saturated rings. The van der Waals surface area contributed by atoms with E-state index >= 15 is 0 Å². The van der Waals surface area contributed by atoms with Gasteiger partial charge in [-0.15, -0.1) is 0 Å². The van der Waals surface area contributed by atoms with Crippen LogP contribution >= 0.6 is 11.8 Å². The van der Waals surface area contributed by atoms with Crippen LogP contribution in [0.3, 0.4) is 0 Å². The summed E-state index contributed by atoms with van der Waals surface area (Å²) in [5.41, 5.74) is 4.55. The summed E-state index contributed by atoms with van der Waals surface area (Å²) in [6, 6.07) is 34.4. The number of thioether (sulfide) groups is 1. The smallest absolute Gasteiger partial charge is 0.267 e. The molecule has 6 nitrogen and oxygen atoms in total. The molecule has 0 saturated carbocycles. The van der Waals surface area contributed by atoms with Gasteiger partial charge in [0, 0.05) is 5.69 Å². The standard InChI is InChI=1S/C32H27N3O3S/c1-23-12-16-27(17-13-23)34-32-35(21-25-8-4-2-5-9-25)31(37)29(39-32)20-24-14-18-28(19-15-24)38-22-30(36)33-26-10-6-3-7-11-26/h2-20H,21-22H2,1H3,(H,33,36)/b29-20+,34-32?. The lowest BCUT2D eigenvalue weighted by Gasteiger charge is -2.15. The lowest BCUT2D eigenvalue weighted by atomic mass is 10.2. The van der Waals surface area contributed by atoms with Crippen LogP contribution in [0.1, 0.15) is 16.7 Å². The predicted octanol–water partition coefficient (Wildman–Crippen LogP) is 6.82. The fourth-order valence-corrected chi connectivity index (χ4v) is 4.90. The minimum atomic E-state index is -0.237. The van der Waals surface area contributed by atoms with Crippen molar-refractivity contribution < 1.29 is 14.3 Å². The van der Waals surface area contributed by atoms with Gasteiger partial charge in [0.05, 0.1) is 17.1 Å². The Labute approximate surface area is 232 Å². The topological polar surface area (TPSA) is 71.0 Å². The molecule has 194 valence electrons. The Hall–Kier alpha value is -4.62. The molecule has 4 aromatic carbocycles. The first kappa shape index (κ1) is 26.0. The van der Waals surface area contributed by atoms with E-state index in [9.17, 15) is 9.59 Å². The Morgan fingerprint density at radius 3 is 2.26 bits per heavy atom. The highest BCUT2D eigenvalue weighted by Gasteiger charge is 2.33. The van der Waals surface area contributed by atoms with E-state index in [4.69, 9.17) is 9.73 Å². The Bertz CT molecular complexity index is 1500. The van der Waals surface area contributed by atoms with E-state index in [0.29, 0.717) is 22.4 Å². The molecule has 1 aliphatic heterocycles. The summed E-state index contributed by atoms with van der Waals surface area (Å²) in [6.07, 6.45) is 1.86. The molecule has 7 heteroatoms. The van der Waals surface area contributed by atoms with Crippen molar-refractivity contribution in [3.8, 4) is 5.75 Å². The quantitative estimate of drug-likeness (QED) is 0.252. The van der Waals surface area contributed by atoms with Crippen LogP contribution in [-0.2, 0) is 16.1 Å². The number of anilines is 1. The van der Waals surface area contributed by atoms with Crippen LogP contribution in [-0.4, -0.2) is 28.5 Å². The summed E-state index contributed by atoms with van der Waals surface area (Å²) in [6.45, 7) is 2.37. The number of carbonyl (C=O) groups is 2. The lowest BCUT2D eigenvalue weighted by Crippen LogP contribution is -2.28. The minimum Gasteiger partial charge on any atom is -0.484 e. The third-order valence-corrected chi connectivity index (χ3v) is 6.94. The number of para-hydroxylation sites is 1. The molecule has 0 atom stereocenters. The van der Waals surface area contributed by atoms with Crippen molar-refractivity contribution in [3.05, 3.63) is 131 Å². The number of benzene rings is 4. The summed E-state index contributed by atoms with van der Waals surface area (Å²) >= 11 is 1.36. The highest BCUT2D eigenvalue weighted by atomic mass is 32.2. The largest absolute Gasteiger partial charge is 0.484 e. The zero-order valence-corrected chi connectivity index (χ0v) is 22.2. The molecule has 39 heavy (non-hydrogen) atoms. The number of hydrogen-bond acceptors (Lipinski definition) is 5. The van der Waals surface area contributed by atoms with Gasteiger partial charge in [0.25, 0.3) is 11.8 Å². The molecule has 0 aromatic heterocycles. The van der Waals surface area contributed by atoms with Crippen LogP contribution in [0.4, 0.5) is 11.4 Å². The van der Waals surface area contributed by atoms with E-state index in [-0.39, 0.29) is 18.4 Å². The van der Waals surface area contributed by atoms with Crippen LogP contribution in [0.5, 0.6) is 5.75 Å². The predicted molar refractivity (Wildman–Crippen MR) is 158 cm³/mol. The maximum absolute atomic E-state index is 13.5. The van der Waals surface area contributed by atoms with Gasteiger partial charge in [-0.1, -0.05) is 78.4 Å². The maximum atomic E-state index is 13.5. The Balaban J connectivity index is 1.29. The van der Waals surface area contributed by atoms with Crippen molar-refractivity contribution in [2.75, 3.05) is 11.9 Å². The van der Waals surface area contributed by atoms with E-state index in [1.54, 1.807) is 17.0 Å². The first-order valence-electron chi connectivity index (χ1n) is 12.5. The summed E-state index contributed by atoms with van der Waals surface area (Å²) in [5.74, 6) is 0.241. The van der Waals surface area contributed by atoms with Gasteiger partial charge in [-0.05, 0) is 72.3 Å². The van der Waals surface area contributed by atoms with E-state index in [1.807, 2.05) is 110 Å². The number of nitrogens with one attached hydrogen (secondary N) is 1. The van der Waals surface area contributed by atoms with Gasteiger partial charge in [-0.25, -0.2) is 4.99 Å². The van der Waals surface area contributed by atoms with Crippen molar-refractivity contribution in [2.24, 2.45) is 4.99 Å². The van der Waals surface area contributed by atoms with Crippen LogP contribution in [0.15, 0.2) is 119 Å². The van der Waals surface area contributed by atoms with E-state index in [1.165, 1.54) is 11.8 Å². The monoisotopic (exact) mass is 533 g/mol. The lowest BCUT2D eigenvalue weighted by molar-refractivity contribution is -0.122. The Morgan fingerprint density at radius 2 is 1.56 bits per heavy atom. The summed E-state index contributed by atoms with van der Waals surface area (Å²) in [5, 5.41) is 3.43. The van der Waals surface area contributed by atoms with Crippen LogP contribution < -0.4 is 10.1 Å². The highest BCUT2D eigenvalue weighted by Crippen LogP contribution is 2.35. The molecule has 1 heterocycles. The number of aliphatic imine (C=N–C) groups is 1. The second-order valence-electron chi connectivity index (χ2n) is 8.99. The number of ether oxygens (including phenoxy) is 1. The molecule has 1 aliphatic rings. The second kappa shape index (κ2) is 12.3. The molecule has 0 aliphatic carbocycles. The molecule has 4 aromatic rings. The fraction of sp³-hybridized carbons (Fsp3) is 0.0938. The molecule has 5 rings (SSSR count). The number of aryl methyl sites for hydroxylation is 1. The fourth-order valence-electron chi connectivity index (χ4n) is 3.91. The van der Waals surface area contributed by atoms with Gasteiger partial charge in [0.1, 0.15) is 5.75 Å². The van der Waals surface area contributed by atoms with E-state index < -0.39 is 0 Å². The first-order valence-corrected chi connectivity index (χ1v) is 13.3. The van der Waals surface area contributed by atoms with Gasteiger partial charge in [-0.2, -0.15) is 0 Å². The third kappa shape index (κ3) is 7.03. The average Bonchev–Trinajstić information content (AvgIpc) is 3.24. The third-order valence-electron chi connectivity index (χ3n) is 5.94. The van der Waals surface area contributed by atoms with Gasteiger partial charge in [0.15, 0.2) is 11.8 Å². The van der Waals surface area contributed by atoms with Gasteiger partial charge >= 0.3 is 0 Å². The molecule has 1 saturated heterocycles. The number of rotatable bonds is 8. The zero-order valence-electron chi connectivity index (χ0n) is 21.4. The SMILES string of the molecule is Cc1ccc(N=C2S/C(=C/c3ccc(OCC(=O)Nc4ccccc4)cc3)C(=O)N2Cc2ccccc2)cc1.